The Morgan fingerprint density at radius 1 is 1.33 bits per heavy atom. The second kappa shape index (κ2) is 6.43. The van der Waals surface area contributed by atoms with E-state index >= 15 is 0 Å². The van der Waals surface area contributed by atoms with Crippen molar-refractivity contribution in [3.63, 3.8) is 0 Å². The minimum Gasteiger partial charge on any atom is -0.460 e. The van der Waals surface area contributed by atoms with Gasteiger partial charge in [0.25, 0.3) is 0 Å². The molecule has 0 unspecified atom stereocenters. The molecule has 1 aromatic rings. The number of rotatable bonds is 4. The average molecular weight is 249 g/mol. The van der Waals surface area contributed by atoms with Crippen LogP contribution in [0, 0.1) is 6.42 Å². The van der Waals surface area contributed by atoms with Gasteiger partial charge in [-0.05, 0) is 5.56 Å². The van der Waals surface area contributed by atoms with Crippen molar-refractivity contribution in [3.05, 3.63) is 42.3 Å². The van der Waals surface area contributed by atoms with Gasteiger partial charge in [-0.25, -0.2) is 9.18 Å². The molecule has 1 aliphatic carbocycles. The van der Waals surface area contributed by atoms with Crippen LogP contribution in [0.3, 0.4) is 0 Å². The minimum atomic E-state index is -1.56. The lowest BCUT2D eigenvalue weighted by atomic mass is 9.98. The number of hydrogen-bond acceptors (Lipinski definition) is 2. The molecule has 1 saturated carbocycles. The standard InChI is InChI=1S/C15H18FO2/c16-14(11-12-7-3-1-4-8-12)15(17)18-13-9-5-2-6-10-13/h1-4,7-8,13-14H,5-6,9-11H2/q+1/t14-/m0/s1. The molecular weight excluding hydrogens is 231 g/mol. The summed E-state index contributed by atoms with van der Waals surface area (Å²) in [5.41, 5.74) is 0.818. The van der Waals surface area contributed by atoms with Crippen LogP contribution in [-0.2, 0) is 16.0 Å². The van der Waals surface area contributed by atoms with Crippen LogP contribution < -0.4 is 0 Å². The third kappa shape index (κ3) is 3.76. The molecule has 96 valence electrons. The summed E-state index contributed by atoms with van der Waals surface area (Å²) in [4.78, 5) is 11.6. The highest BCUT2D eigenvalue weighted by Crippen LogP contribution is 2.20. The SMILES string of the molecule is O=C(OC1CC[CH+]CC1)[C@@H](F)Cc1ccccc1. The van der Waals surface area contributed by atoms with Gasteiger partial charge in [0.15, 0.2) is 0 Å². The Labute approximate surface area is 107 Å². The van der Waals surface area contributed by atoms with Crippen molar-refractivity contribution < 1.29 is 13.9 Å². The highest BCUT2D eigenvalue weighted by molar-refractivity contribution is 5.75. The summed E-state index contributed by atoms with van der Waals surface area (Å²) in [6.45, 7) is 0. The van der Waals surface area contributed by atoms with Crippen LogP contribution in [0.2, 0.25) is 0 Å². The van der Waals surface area contributed by atoms with Gasteiger partial charge < -0.3 is 4.74 Å². The number of esters is 1. The summed E-state index contributed by atoms with van der Waals surface area (Å²) in [6, 6.07) is 9.17. The van der Waals surface area contributed by atoms with E-state index in [1.165, 1.54) is 0 Å². The lowest BCUT2D eigenvalue weighted by Crippen LogP contribution is -2.28. The molecule has 1 aliphatic rings. The van der Waals surface area contributed by atoms with Crippen molar-refractivity contribution in [2.24, 2.45) is 0 Å². The Bertz CT molecular complexity index is 371. The van der Waals surface area contributed by atoms with E-state index in [0.29, 0.717) is 0 Å². The largest absolute Gasteiger partial charge is 0.460 e. The molecule has 3 heteroatoms. The van der Waals surface area contributed by atoms with Gasteiger partial charge in [0.05, 0.1) is 19.3 Å². The number of ether oxygens (including phenoxy) is 1. The molecule has 1 atom stereocenters. The van der Waals surface area contributed by atoms with E-state index in [2.05, 4.69) is 6.42 Å². The Morgan fingerprint density at radius 3 is 2.67 bits per heavy atom. The van der Waals surface area contributed by atoms with E-state index in [9.17, 15) is 9.18 Å². The highest BCUT2D eigenvalue weighted by Gasteiger charge is 2.26. The fraction of sp³-hybridized carbons (Fsp3) is 0.467. The maximum absolute atomic E-state index is 13.8. The Kier molecular flexibility index (Phi) is 4.62. The zero-order valence-corrected chi connectivity index (χ0v) is 10.3. The molecule has 2 rings (SSSR count). The molecule has 0 bridgehead atoms. The fourth-order valence-electron chi connectivity index (χ4n) is 2.16. The minimum absolute atomic E-state index is 0.0958. The summed E-state index contributed by atoms with van der Waals surface area (Å²) in [5.74, 6) is -0.717. The normalized spacial score (nSPS) is 17.8. The van der Waals surface area contributed by atoms with Crippen molar-refractivity contribution in [1.82, 2.24) is 0 Å². The monoisotopic (exact) mass is 249 g/mol. The third-order valence-electron chi connectivity index (χ3n) is 3.18. The smallest absolute Gasteiger partial charge is 0.341 e. The van der Waals surface area contributed by atoms with E-state index in [1.807, 2.05) is 30.3 Å². The number of hydrogen-bond donors (Lipinski definition) is 0. The quantitative estimate of drug-likeness (QED) is 0.604. The van der Waals surface area contributed by atoms with Crippen LogP contribution in [0.1, 0.15) is 31.2 Å². The van der Waals surface area contributed by atoms with Gasteiger partial charge in [-0.15, -0.1) is 0 Å². The van der Waals surface area contributed by atoms with E-state index < -0.39 is 12.1 Å². The molecule has 1 fully saturated rings. The van der Waals surface area contributed by atoms with Crippen molar-refractivity contribution in [1.29, 1.82) is 0 Å². The first-order chi connectivity index (χ1) is 8.75. The van der Waals surface area contributed by atoms with Gasteiger partial charge in [-0.1, -0.05) is 30.3 Å². The maximum Gasteiger partial charge on any atom is 0.341 e. The number of carbonyl (C=O) groups excluding carboxylic acids is 1. The summed E-state index contributed by atoms with van der Waals surface area (Å²) in [6.07, 6.45) is 4.17. The molecule has 0 amide bonds. The molecule has 0 N–H and O–H groups in total. The van der Waals surface area contributed by atoms with Crippen LogP contribution in [0.4, 0.5) is 4.39 Å². The van der Waals surface area contributed by atoms with Crippen LogP contribution in [0.15, 0.2) is 30.3 Å². The predicted octanol–water partition coefficient (Wildman–Crippen LogP) is 3.26. The molecule has 0 aliphatic heterocycles. The topological polar surface area (TPSA) is 26.3 Å². The second-order valence-electron chi connectivity index (χ2n) is 4.66. The molecule has 1 aromatic carbocycles. The predicted molar refractivity (Wildman–Crippen MR) is 67.7 cm³/mol. The van der Waals surface area contributed by atoms with Gasteiger partial charge in [0, 0.05) is 19.3 Å². The zero-order chi connectivity index (χ0) is 12.8. The van der Waals surface area contributed by atoms with Crippen molar-refractivity contribution in [2.75, 3.05) is 0 Å². The second-order valence-corrected chi connectivity index (χ2v) is 4.66. The van der Waals surface area contributed by atoms with E-state index in [1.54, 1.807) is 0 Å². The van der Waals surface area contributed by atoms with E-state index in [0.717, 1.165) is 31.2 Å². The molecule has 0 saturated heterocycles. The van der Waals surface area contributed by atoms with Gasteiger partial charge in [-0.2, -0.15) is 0 Å². The van der Waals surface area contributed by atoms with Crippen molar-refractivity contribution in [3.8, 4) is 0 Å². The van der Waals surface area contributed by atoms with Crippen LogP contribution in [0.5, 0.6) is 0 Å². The van der Waals surface area contributed by atoms with Crippen LogP contribution in [-0.4, -0.2) is 18.2 Å². The van der Waals surface area contributed by atoms with Gasteiger partial charge in [-0.3, -0.25) is 0 Å². The van der Waals surface area contributed by atoms with Crippen molar-refractivity contribution >= 4 is 5.97 Å². The molecule has 2 nitrogen and oxygen atoms in total. The number of carbonyl (C=O) groups is 1. The molecule has 0 spiro atoms. The Balaban J connectivity index is 1.81. The van der Waals surface area contributed by atoms with E-state index in [-0.39, 0.29) is 12.5 Å². The molecule has 18 heavy (non-hydrogen) atoms. The van der Waals surface area contributed by atoms with Crippen molar-refractivity contribution in [2.45, 2.75) is 44.4 Å². The maximum atomic E-state index is 13.8. The molecule has 0 heterocycles. The molecule has 0 aromatic heterocycles. The first-order valence-electron chi connectivity index (χ1n) is 6.46. The first kappa shape index (κ1) is 12.9. The number of benzene rings is 1. The van der Waals surface area contributed by atoms with Gasteiger partial charge >= 0.3 is 5.97 Å². The van der Waals surface area contributed by atoms with Gasteiger partial charge in [0.1, 0.15) is 6.10 Å². The lowest BCUT2D eigenvalue weighted by molar-refractivity contribution is -0.156. The number of halogens is 1. The molecular formula is C15H18FO2+. The first-order valence-corrected chi connectivity index (χ1v) is 6.46. The summed E-state index contributed by atoms with van der Waals surface area (Å²) >= 11 is 0. The molecule has 0 radical (unpaired) electrons. The van der Waals surface area contributed by atoms with Crippen LogP contribution in [0.25, 0.3) is 0 Å². The van der Waals surface area contributed by atoms with Crippen LogP contribution >= 0.6 is 0 Å². The average Bonchev–Trinajstić information content (AvgIpc) is 2.41. The Morgan fingerprint density at radius 2 is 2.00 bits per heavy atom. The van der Waals surface area contributed by atoms with Gasteiger partial charge in [0.2, 0.25) is 6.17 Å². The summed E-state index contributed by atoms with van der Waals surface area (Å²) in [7, 11) is 0. The Hall–Kier alpha value is -1.51. The summed E-state index contributed by atoms with van der Waals surface area (Å²) in [5, 5.41) is 0. The van der Waals surface area contributed by atoms with E-state index in [4.69, 9.17) is 4.74 Å². The third-order valence-corrected chi connectivity index (χ3v) is 3.18. The highest BCUT2D eigenvalue weighted by atomic mass is 19.1. The summed E-state index contributed by atoms with van der Waals surface area (Å²) < 4.78 is 18.9. The number of alkyl halides is 1. The fourth-order valence-corrected chi connectivity index (χ4v) is 2.16. The lowest BCUT2D eigenvalue weighted by Gasteiger charge is -2.19. The zero-order valence-electron chi connectivity index (χ0n) is 10.3.